The first-order valence-corrected chi connectivity index (χ1v) is 9.17. The van der Waals surface area contributed by atoms with Gasteiger partial charge in [-0.15, -0.1) is 0 Å². The first kappa shape index (κ1) is 17.6. The van der Waals surface area contributed by atoms with Gasteiger partial charge in [-0.3, -0.25) is 0 Å². The van der Waals surface area contributed by atoms with Crippen LogP contribution in [0.2, 0.25) is 0 Å². The van der Waals surface area contributed by atoms with Crippen molar-refractivity contribution in [2.24, 2.45) is 0 Å². The maximum Gasteiger partial charge on any atom is 0.134 e. The smallest absolute Gasteiger partial charge is 0.134 e. The van der Waals surface area contributed by atoms with Crippen molar-refractivity contribution in [3.8, 4) is 22.9 Å². The lowest BCUT2D eigenvalue weighted by molar-refractivity contribution is -0.0559. The second kappa shape index (κ2) is 8.26. The minimum absolute atomic E-state index is 0.192. The van der Waals surface area contributed by atoms with Crippen molar-refractivity contribution in [2.75, 3.05) is 26.4 Å². The van der Waals surface area contributed by atoms with E-state index in [2.05, 4.69) is 6.07 Å². The molecule has 0 spiro atoms. The van der Waals surface area contributed by atoms with Crippen molar-refractivity contribution in [3.63, 3.8) is 0 Å². The molecule has 5 nitrogen and oxygen atoms in total. The molecule has 1 saturated heterocycles. The fourth-order valence-corrected chi connectivity index (χ4v) is 3.27. The summed E-state index contributed by atoms with van der Waals surface area (Å²) in [5.41, 5.74) is 3.38. The maximum atomic E-state index is 9.10. The van der Waals surface area contributed by atoms with Crippen LogP contribution >= 0.6 is 0 Å². The normalized spacial score (nSPS) is 16.9. The first-order chi connectivity index (χ1) is 13.3. The van der Waals surface area contributed by atoms with Crippen LogP contribution in [0, 0.1) is 11.3 Å². The monoisotopic (exact) mass is 363 g/mol. The molecule has 2 aromatic carbocycles. The molecule has 27 heavy (non-hydrogen) atoms. The van der Waals surface area contributed by atoms with Gasteiger partial charge in [0.2, 0.25) is 0 Å². The summed E-state index contributed by atoms with van der Waals surface area (Å²) in [4.78, 5) is 0. The summed E-state index contributed by atoms with van der Waals surface area (Å²) in [6, 6.07) is 15.5. The van der Waals surface area contributed by atoms with Crippen molar-refractivity contribution in [2.45, 2.75) is 18.9 Å². The molecule has 1 aliphatic rings. The molecule has 0 radical (unpaired) electrons. The zero-order valence-electron chi connectivity index (χ0n) is 15.0. The minimum atomic E-state index is 0.192. The summed E-state index contributed by atoms with van der Waals surface area (Å²) in [6.45, 7) is 2.59. The zero-order valence-corrected chi connectivity index (χ0v) is 15.0. The third-order valence-corrected chi connectivity index (χ3v) is 4.69. The Morgan fingerprint density at radius 2 is 2.00 bits per heavy atom. The summed E-state index contributed by atoms with van der Waals surface area (Å²) < 4.78 is 22.5. The lowest BCUT2D eigenvalue weighted by Crippen LogP contribution is -2.27. The highest BCUT2D eigenvalue weighted by molar-refractivity contribution is 5.94. The number of rotatable bonds is 6. The van der Waals surface area contributed by atoms with Crippen molar-refractivity contribution in [1.29, 1.82) is 5.26 Å². The molecule has 0 N–H and O–H groups in total. The highest BCUT2D eigenvalue weighted by atomic mass is 16.6. The van der Waals surface area contributed by atoms with Crippen molar-refractivity contribution in [1.82, 2.24) is 0 Å². The fraction of sp³-hybridized carbons (Fsp3) is 0.318. The zero-order chi connectivity index (χ0) is 18.5. The summed E-state index contributed by atoms with van der Waals surface area (Å²) in [7, 11) is 0. The van der Waals surface area contributed by atoms with E-state index in [1.54, 1.807) is 12.3 Å². The van der Waals surface area contributed by atoms with Gasteiger partial charge in [0.25, 0.3) is 0 Å². The first-order valence-electron chi connectivity index (χ1n) is 9.17. The van der Waals surface area contributed by atoms with Gasteiger partial charge in [0.1, 0.15) is 17.9 Å². The molecule has 138 valence electrons. The number of furan rings is 1. The largest absolute Gasteiger partial charge is 0.491 e. The number of fused-ring (bicyclic) bond motifs is 1. The van der Waals surface area contributed by atoms with Crippen molar-refractivity contribution < 1.29 is 18.6 Å². The molecule has 1 aliphatic heterocycles. The van der Waals surface area contributed by atoms with Gasteiger partial charge >= 0.3 is 0 Å². The van der Waals surface area contributed by atoms with Crippen LogP contribution in [0.15, 0.2) is 53.1 Å². The van der Waals surface area contributed by atoms with Gasteiger partial charge in [0, 0.05) is 17.6 Å². The third kappa shape index (κ3) is 4.13. The van der Waals surface area contributed by atoms with Gasteiger partial charge in [0.15, 0.2) is 0 Å². The quantitative estimate of drug-likeness (QED) is 0.601. The standard InChI is InChI=1S/C22H21NO4/c23-13-16-3-8-22-20(12-16)21(15-27-22)17-4-6-18(7-5-17)25-10-11-26-19-2-1-9-24-14-19/h3-8,12,15,19H,1-2,9-11,14H2. The predicted molar refractivity (Wildman–Crippen MR) is 102 cm³/mol. The van der Waals surface area contributed by atoms with E-state index in [0.29, 0.717) is 25.4 Å². The Hall–Kier alpha value is -2.81. The maximum absolute atomic E-state index is 9.10. The van der Waals surface area contributed by atoms with Crippen molar-refractivity contribution in [3.05, 3.63) is 54.3 Å². The van der Waals surface area contributed by atoms with Crippen LogP contribution in [0.1, 0.15) is 18.4 Å². The SMILES string of the molecule is N#Cc1ccc2occ(-c3ccc(OCCOC4CCCOC4)cc3)c2c1. The molecule has 0 bridgehead atoms. The lowest BCUT2D eigenvalue weighted by Gasteiger charge is -2.22. The van der Waals surface area contributed by atoms with Gasteiger partial charge in [-0.05, 0) is 48.7 Å². The Kier molecular flexibility index (Phi) is 5.38. The van der Waals surface area contributed by atoms with E-state index in [0.717, 1.165) is 47.3 Å². The molecule has 1 atom stereocenters. The Bertz CT molecular complexity index is 933. The number of nitrogens with zero attached hydrogens (tertiary/aromatic N) is 1. The molecule has 1 fully saturated rings. The van der Waals surface area contributed by atoms with Crippen LogP contribution in [-0.4, -0.2) is 32.5 Å². The fourth-order valence-electron chi connectivity index (χ4n) is 3.27. The van der Waals surface area contributed by atoms with Gasteiger partial charge in [0.05, 0.1) is 37.2 Å². The number of hydrogen-bond donors (Lipinski definition) is 0. The molecule has 0 amide bonds. The third-order valence-electron chi connectivity index (χ3n) is 4.69. The summed E-state index contributed by atoms with van der Waals surface area (Å²) >= 11 is 0. The Morgan fingerprint density at radius 3 is 2.78 bits per heavy atom. The van der Waals surface area contributed by atoms with E-state index in [9.17, 15) is 0 Å². The van der Waals surface area contributed by atoms with Gasteiger partial charge in [-0.25, -0.2) is 0 Å². The average Bonchev–Trinajstić information content (AvgIpc) is 3.15. The number of nitriles is 1. The van der Waals surface area contributed by atoms with Crippen LogP contribution in [0.5, 0.6) is 5.75 Å². The molecule has 0 aliphatic carbocycles. The second-order valence-electron chi connectivity index (χ2n) is 6.55. The highest BCUT2D eigenvalue weighted by Gasteiger charge is 2.14. The molecule has 4 rings (SSSR count). The number of hydrogen-bond acceptors (Lipinski definition) is 5. The van der Waals surface area contributed by atoms with Crippen molar-refractivity contribution >= 4 is 11.0 Å². The van der Waals surface area contributed by atoms with Gasteiger partial charge < -0.3 is 18.6 Å². The summed E-state index contributed by atoms with van der Waals surface area (Å²) in [5, 5.41) is 10.0. The topological polar surface area (TPSA) is 64.6 Å². The molecule has 2 heterocycles. The van der Waals surface area contributed by atoms with Crippen LogP contribution in [0.3, 0.4) is 0 Å². The summed E-state index contributed by atoms with van der Waals surface area (Å²) in [5.74, 6) is 0.799. The molecule has 3 aromatic rings. The Labute approximate surface area is 158 Å². The molecule has 0 saturated carbocycles. The van der Waals surface area contributed by atoms with Crippen LogP contribution in [0.25, 0.3) is 22.1 Å². The second-order valence-corrected chi connectivity index (χ2v) is 6.55. The lowest BCUT2D eigenvalue weighted by atomic mass is 10.0. The van der Waals surface area contributed by atoms with Gasteiger partial charge in [-0.2, -0.15) is 5.26 Å². The number of benzene rings is 2. The van der Waals surface area contributed by atoms with E-state index in [1.165, 1.54) is 0 Å². The highest BCUT2D eigenvalue weighted by Crippen LogP contribution is 2.32. The predicted octanol–water partition coefficient (Wildman–Crippen LogP) is 4.55. The van der Waals surface area contributed by atoms with Crippen LogP contribution in [-0.2, 0) is 9.47 Å². The number of ether oxygens (including phenoxy) is 3. The van der Waals surface area contributed by atoms with E-state index in [1.807, 2.05) is 36.4 Å². The van der Waals surface area contributed by atoms with E-state index >= 15 is 0 Å². The van der Waals surface area contributed by atoms with Gasteiger partial charge in [-0.1, -0.05) is 12.1 Å². The minimum Gasteiger partial charge on any atom is -0.491 e. The molecular weight excluding hydrogens is 342 g/mol. The van der Waals surface area contributed by atoms with Crippen LogP contribution < -0.4 is 4.74 Å². The molecule has 5 heteroatoms. The van der Waals surface area contributed by atoms with Crippen LogP contribution in [0.4, 0.5) is 0 Å². The molecular formula is C22H21NO4. The Balaban J connectivity index is 1.37. The van der Waals surface area contributed by atoms with E-state index < -0.39 is 0 Å². The average molecular weight is 363 g/mol. The summed E-state index contributed by atoms with van der Waals surface area (Å²) in [6.07, 6.45) is 4.03. The Morgan fingerprint density at radius 1 is 1.11 bits per heavy atom. The molecule has 1 aromatic heterocycles. The van der Waals surface area contributed by atoms with E-state index in [4.69, 9.17) is 23.9 Å². The molecule has 1 unspecified atom stereocenters. The van der Waals surface area contributed by atoms with E-state index in [-0.39, 0.29) is 6.10 Å².